The van der Waals surface area contributed by atoms with Gasteiger partial charge in [0, 0.05) is 31.2 Å². The predicted molar refractivity (Wildman–Crippen MR) is 79.1 cm³/mol. The first-order valence-corrected chi connectivity index (χ1v) is 8.08. The molecule has 0 aromatic carbocycles. The molecule has 106 valence electrons. The summed E-state index contributed by atoms with van der Waals surface area (Å²) in [7, 11) is 4.23. The number of aryl methyl sites for hydroxylation is 1. The van der Waals surface area contributed by atoms with Gasteiger partial charge in [0.15, 0.2) is 5.13 Å². The lowest BCUT2D eigenvalue weighted by Gasteiger charge is -2.30. The summed E-state index contributed by atoms with van der Waals surface area (Å²) < 4.78 is 5.45. The van der Waals surface area contributed by atoms with Crippen molar-refractivity contribution in [1.82, 2.24) is 10.3 Å². The highest BCUT2D eigenvalue weighted by Crippen LogP contribution is 2.37. The van der Waals surface area contributed by atoms with E-state index in [0.717, 1.165) is 26.1 Å². The smallest absolute Gasteiger partial charge is 0.185 e. The van der Waals surface area contributed by atoms with Crippen LogP contribution in [0.5, 0.6) is 0 Å². The first-order valence-electron chi connectivity index (χ1n) is 7.27. The monoisotopic (exact) mass is 281 g/mol. The van der Waals surface area contributed by atoms with Gasteiger partial charge >= 0.3 is 0 Å². The van der Waals surface area contributed by atoms with Crippen molar-refractivity contribution in [1.29, 1.82) is 0 Å². The molecule has 3 rings (SSSR count). The fraction of sp³-hybridized carbons (Fsp3) is 0.786. The van der Waals surface area contributed by atoms with E-state index in [4.69, 9.17) is 9.72 Å². The van der Waals surface area contributed by atoms with Gasteiger partial charge in [0.05, 0.1) is 11.7 Å². The summed E-state index contributed by atoms with van der Waals surface area (Å²) >= 11 is 1.89. The van der Waals surface area contributed by atoms with Crippen LogP contribution in [0.25, 0.3) is 0 Å². The Balaban J connectivity index is 1.79. The van der Waals surface area contributed by atoms with Gasteiger partial charge in [0.2, 0.25) is 0 Å². The fourth-order valence-electron chi connectivity index (χ4n) is 3.07. The molecule has 2 aliphatic rings. The van der Waals surface area contributed by atoms with Gasteiger partial charge < -0.3 is 15.0 Å². The zero-order valence-electron chi connectivity index (χ0n) is 11.8. The van der Waals surface area contributed by atoms with Crippen molar-refractivity contribution in [2.45, 2.75) is 44.2 Å². The van der Waals surface area contributed by atoms with E-state index in [9.17, 15) is 0 Å². The van der Waals surface area contributed by atoms with E-state index in [1.807, 2.05) is 18.4 Å². The van der Waals surface area contributed by atoms with Crippen LogP contribution in [0, 0.1) is 0 Å². The molecule has 5 heteroatoms. The van der Waals surface area contributed by atoms with Crippen molar-refractivity contribution in [2.24, 2.45) is 0 Å². The normalized spacial score (nSPS) is 24.2. The molecule has 0 radical (unpaired) electrons. The molecule has 0 bridgehead atoms. The maximum Gasteiger partial charge on any atom is 0.185 e. The van der Waals surface area contributed by atoms with Crippen LogP contribution in [0.15, 0.2) is 0 Å². The minimum atomic E-state index is 0.455. The molecule has 1 fully saturated rings. The van der Waals surface area contributed by atoms with Crippen LogP contribution in [-0.4, -0.2) is 38.3 Å². The molecule has 0 amide bonds. The summed E-state index contributed by atoms with van der Waals surface area (Å²) in [6.45, 7) is 1.78. The third-order valence-corrected chi connectivity index (χ3v) is 5.55. The van der Waals surface area contributed by atoms with Gasteiger partial charge in [-0.25, -0.2) is 4.98 Å². The van der Waals surface area contributed by atoms with E-state index in [0.29, 0.717) is 12.1 Å². The summed E-state index contributed by atoms with van der Waals surface area (Å²) in [6, 6.07) is 1.05. The number of ether oxygens (including phenoxy) is 1. The van der Waals surface area contributed by atoms with Crippen molar-refractivity contribution in [2.75, 3.05) is 32.2 Å². The summed E-state index contributed by atoms with van der Waals surface area (Å²) in [6.07, 6.45) is 5.94. The number of nitrogens with zero attached hydrogens (tertiary/aromatic N) is 2. The van der Waals surface area contributed by atoms with Crippen molar-refractivity contribution >= 4 is 16.5 Å². The van der Waals surface area contributed by atoms with Crippen molar-refractivity contribution in [3.05, 3.63) is 10.6 Å². The predicted octanol–water partition coefficient (Wildman–Crippen LogP) is 2.36. The molecule has 1 atom stereocenters. The van der Waals surface area contributed by atoms with Crippen LogP contribution in [-0.2, 0) is 11.2 Å². The molecular formula is C14H23N3OS. The van der Waals surface area contributed by atoms with Crippen LogP contribution < -0.4 is 10.2 Å². The average Bonchev–Trinajstić information content (AvgIpc) is 2.91. The minimum absolute atomic E-state index is 0.455. The molecule has 1 N–H and O–H groups in total. The second kappa shape index (κ2) is 5.77. The lowest BCUT2D eigenvalue weighted by molar-refractivity contribution is 0.0855. The molecule has 1 aromatic rings. The second-order valence-electron chi connectivity index (χ2n) is 5.49. The first kappa shape index (κ1) is 13.3. The average molecular weight is 281 g/mol. The fourth-order valence-corrected chi connectivity index (χ4v) is 4.26. The Hall–Kier alpha value is -0.650. The zero-order chi connectivity index (χ0) is 13.2. The van der Waals surface area contributed by atoms with Gasteiger partial charge in [-0.15, -0.1) is 11.3 Å². The Morgan fingerprint density at radius 2 is 2.11 bits per heavy atom. The van der Waals surface area contributed by atoms with Crippen LogP contribution in [0.3, 0.4) is 0 Å². The summed E-state index contributed by atoms with van der Waals surface area (Å²) in [4.78, 5) is 8.78. The molecule has 1 saturated heterocycles. The van der Waals surface area contributed by atoms with Crippen LogP contribution in [0.2, 0.25) is 0 Å². The third-order valence-electron chi connectivity index (χ3n) is 4.33. The lowest BCUT2D eigenvalue weighted by Crippen LogP contribution is -2.36. The van der Waals surface area contributed by atoms with Gasteiger partial charge in [-0.2, -0.15) is 0 Å². The number of fused-ring (bicyclic) bond motifs is 1. The van der Waals surface area contributed by atoms with Crippen LogP contribution >= 0.6 is 11.3 Å². The highest BCUT2D eigenvalue weighted by molar-refractivity contribution is 7.15. The van der Waals surface area contributed by atoms with E-state index >= 15 is 0 Å². The van der Waals surface area contributed by atoms with Crippen LogP contribution in [0.4, 0.5) is 5.13 Å². The number of anilines is 1. The molecule has 19 heavy (non-hydrogen) atoms. The van der Waals surface area contributed by atoms with Gasteiger partial charge in [0.1, 0.15) is 0 Å². The zero-order valence-corrected chi connectivity index (χ0v) is 12.6. The minimum Gasteiger partial charge on any atom is -0.381 e. The summed E-state index contributed by atoms with van der Waals surface area (Å²) in [5.74, 6) is 0. The SMILES string of the molecule is CNC1CCCc2sc(N(C)C3CCOCC3)nc21. The third kappa shape index (κ3) is 2.64. The highest BCUT2D eigenvalue weighted by Gasteiger charge is 2.27. The Kier molecular flexibility index (Phi) is 4.05. The molecule has 1 aliphatic heterocycles. The van der Waals surface area contributed by atoms with Crippen molar-refractivity contribution < 1.29 is 4.74 Å². The first-order chi connectivity index (χ1) is 9.29. The van der Waals surface area contributed by atoms with Gasteiger partial charge in [0.25, 0.3) is 0 Å². The molecular weight excluding hydrogens is 258 g/mol. The Labute approximate surface area is 119 Å². The molecule has 1 aliphatic carbocycles. The molecule has 1 aromatic heterocycles. The number of hydrogen-bond acceptors (Lipinski definition) is 5. The lowest BCUT2D eigenvalue weighted by atomic mass is 9.98. The Bertz CT molecular complexity index is 428. The van der Waals surface area contributed by atoms with E-state index in [2.05, 4.69) is 17.3 Å². The number of hydrogen-bond donors (Lipinski definition) is 1. The second-order valence-corrected chi connectivity index (χ2v) is 6.55. The standard InChI is InChI=1S/C14H23N3OS/c1-15-11-4-3-5-12-13(11)16-14(19-12)17(2)10-6-8-18-9-7-10/h10-11,15H,3-9H2,1-2H3. The molecule has 1 unspecified atom stereocenters. The Morgan fingerprint density at radius 1 is 1.32 bits per heavy atom. The maximum absolute atomic E-state index is 5.45. The van der Waals surface area contributed by atoms with E-state index < -0.39 is 0 Å². The molecule has 2 heterocycles. The van der Waals surface area contributed by atoms with E-state index in [1.54, 1.807) is 0 Å². The molecule has 4 nitrogen and oxygen atoms in total. The van der Waals surface area contributed by atoms with E-state index in [-0.39, 0.29) is 0 Å². The molecule has 0 saturated carbocycles. The Morgan fingerprint density at radius 3 is 2.84 bits per heavy atom. The number of thiazole rings is 1. The van der Waals surface area contributed by atoms with Crippen molar-refractivity contribution in [3.8, 4) is 0 Å². The maximum atomic E-state index is 5.45. The topological polar surface area (TPSA) is 37.4 Å². The highest BCUT2D eigenvalue weighted by atomic mass is 32.1. The summed E-state index contributed by atoms with van der Waals surface area (Å²) in [5, 5.41) is 4.59. The number of aromatic nitrogens is 1. The largest absolute Gasteiger partial charge is 0.381 e. The van der Waals surface area contributed by atoms with Gasteiger partial charge in [-0.05, 0) is 39.2 Å². The van der Waals surface area contributed by atoms with Gasteiger partial charge in [-0.3, -0.25) is 0 Å². The number of rotatable bonds is 3. The molecule has 0 spiro atoms. The van der Waals surface area contributed by atoms with Gasteiger partial charge in [-0.1, -0.05) is 0 Å². The quantitative estimate of drug-likeness (QED) is 0.923. The van der Waals surface area contributed by atoms with E-state index in [1.165, 1.54) is 35.0 Å². The van der Waals surface area contributed by atoms with Crippen LogP contribution in [0.1, 0.15) is 42.3 Å². The van der Waals surface area contributed by atoms with Crippen molar-refractivity contribution in [3.63, 3.8) is 0 Å². The summed E-state index contributed by atoms with van der Waals surface area (Å²) in [5.41, 5.74) is 1.30. The number of nitrogens with one attached hydrogen (secondary N) is 1.